The number of pyridine rings is 2. The zero-order valence-corrected chi connectivity index (χ0v) is 22.1. The Morgan fingerprint density at radius 1 is 1.15 bits per heavy atom. The Hall–Kier alpha value is -3.67. The predicted molar refractivity (Wildman–Crippen MR) is 147 cm³/mol. The molecule has 1 amide bonds. The molecule has 1 aliphatic rings. The SMILES string of the molecule is NC(=O)c1ccc2c(c1)nc(N1CC[C@H](OCCCNCc3ccc(OC(F)(F)F)c(Cl)c3)C1)c1ccncc12. The van der Waals surface area contributed by atoms with Gasteiger partial charge in [-0.05, 0) is 55.3 Å². The van der Waals surface area contributed by atoms with Gasteiger partial charge in [-0.15, -0.1) is 13.2 Å². The van der Waals surface area contributed by atoms with Gasteiger partial charge in [0.1, 0.15) is 11.6 Å². The van der Waals surface area contributed by atoms with E-state index in [9.17, 15) is 18.0 Å². The maximum Gasteiger partial charge on any atom is 0.573 e. The molecule has 4 aromatic rings. The number of primary amides is 1. The summed E-state index contributed by atoms with van der Waals surface area (Å²) in [4.78, 5) is 23.1. The predicted octanol–water partition coefficient (Wildman–Crippen LogP) is 5.21. The molecule has 1 saturated heterocycles. The van der Waals surface area contributed by atoms with E-state index >= 15 is 0 Å². The van der Waals surface area contributed by atoms with Crippen LogP contribution in [-0.4, -0.2) is 54.6 Å². The van der Waals surface area contributed by atoms with Gasteiger partial charge in [-0.2, -0.15) is 0 Å². The molecule has 8 nitrogen and oxygen atoms in total. The van der Waals surface area contributed by atoms with Crippen molar-refractivity contribution in [3.8, 4) is 5.75 Å². The van der Waals surface area contributed by atoms with Crippen molar-refractivity contribution < 1.29 is 27.4 Å². The molecule has 0 bridgehead atoms. The molecule has 0 aliphatic carbocycles. The quantitative estimate of drug-likeness (QED) is 0.198. The van der Waals surface area contributed by atoms with Gasteiger partial charge in [0.2, 0.25) is 5.91 Å². The Morgan fingerprint density at radius 3 is 2.77 bits per heavy atom. The number of alkyl halides is 3. The van der Waals surface area contributed by atoms with Gasteiger partial charge in [0, 0.05) is 60.4 Å². The number of nitrogens with two attached hydrogens (primary N) is 1. The monoisotopic (exact) mass is 573 g/mol. The van der Waals surface area contributed by atoms with Crippen LogP contribution in [0.15, 0.2) is 54.9 Å². The summed E-state index contributed by atoms with van der Waals surface area (Å²) < 4.78 is 47.2. The lowest BCUT2D eigenvalue weighted by Gasteiger charge is -2.21. The van der Waals surface area contributed by atoms with E-state index < -0.39 is 18.0 Å². The van der Waals surface area contributed by atoms with Crippen molar-refractivity contribution in [2.24, 2.45) is 5.73 Å². The Morgan fingerprint density at radius 2 is 2.00 bits per heavy atom. The first-order chi connectivity index (χ1) is 19.2. The van der Waals surface area contributed by atoms with Crippen LogP contribution in [0, 0.1) is 0 Å². The number of nitrogens with one attached hydrogen (secondary N) is 1. The number of nitrogens with zero attached hydrogens (tertiary/aromatic N) is 3. The maximum atomic E-state index is 12.4. The Kier molecular flexibility index (Phi) is 8.24. The summed E-state index contributed by atoms with van der Waals surface area (Å²) in [5, 5.41) is 6.00. The molecular weight excluding hydrogens is 547 g/mol. The number of rotatable bonds is 10. The highest BCUT2D eigenvalue weighted by Gasteiger charge is 2.32. The van der Waals surface area contributed by atoms with E-state index in [-0.39, 0.29) is 11.1 Å². The van der Waals surface area contributed by atoms with Crippen LogP contribution in [0.4, 0.5) is 19.0 Å². The van der Waals surface area contributed by atoms with E-state index in [4.69, 9.17) is 27.1 Å². The average molecular weight is 574 g/mol. The molecule has 0 spiro atoms. The summed E-state index contributed by atoms with van der Waals surface area (Å²) in [7, 11) is 0. The summed E-state index contributed by atoms with van der Waals surface area (Å²) in [6.45, 7) is 3.15. The molecule has 0 saturated carbocycles. The molecular formula is C28H27ClF3N5O3. The molecule has 210 valence electrons. The van der Waals surface area contributed by atoms with E-state index in [1.807, 2.05) is 18.3 Å². The van der Waals surface area contributed by atoms with E-state index in [1.165, 1.54) is 12.1 Å². The normalized spacial score (nSPS) is 15.7. The lowest BCUT2D eigenvalue weighted by Crippen LogP contribution is -2.25. The number of benzene rings is 2. The Balaban J connectivity index is 1.13. The molecule has 2 aromatic carbocycles. The van der Waals surface area contributed by atoms with Crippen molar-refractivity contribution in [1.29, 1.82) is 0 Å². The number of fused-ring (bicyclic) bond motifs is 3. The Labute approximate surface area is 233 Å². The van der Waals surface area contributed by atoms with Crippen LogP contribution in [-0.2, 0) is 11.3 Å². The van der Waals surface area contributed by atoms with E-state index in [0.717, 1.165) is 46.9 Å². The van der Waals surface area contributed by atoms with Crippen molar-refractivity contribution in [3.05, 3.63) is 71.0 Å². The molecule has 1 aliphatic heterocycles. The van der Waals surface area contributed by atoms with Gasteiger partial charge in [0.05, 0.1) is 16.6 Å². The maximum absolute atomic E-state index is 12.4. The highest BCUT2D eigenvalue weighted by atomic mass is 35.5. The minimum Gasteiger partial charge on any atom is -0.404 e. The summed E-state index contributed by atoms with van der Waals surface area (Å²) >= 11 is 5.90. The van der Waals surface area contributed by atoms with Crippen molar-refractivity contribution in [1.82, 2.24) is 15.3 Å². The van der Waals surface area contributed by atoms with Gasteiger partial charge in [-0.25, -0.2) is 4.98 Å². The third-order valence-corrected chi connectivity index (χ3v) is 7.00. The van der Waals surface area contributed by atoms with Crippen molar-refractivity contribution >= 4 is 45.0 Å². The van der Waals surface area contributed by atoms with Crippen molar-refractivity contribution in [2.45, 2.75) is 31.9 Å². The zero-order valence-electron chi connectivity index (χ0n) is 21.4. The van der Waals surface area contributed by atoms with Gasteiger partial charge in [-0.3, -0.25) is 9.78 Å². The second-order valence-corrected chi connectivity index (χ2v) is 9.93. The minimum absolute atomic E-state index is 0.0475. The molecule has 12 heteroatoms. The number of ether oxygens (including phenoxy) is 2. The molecule has 40 heavy (non-hydrogen) atoms. The van der Waals surface area contributed by atoms with Crippen LogP contribution < -0.4 is 20.7 Å². The van der Waals surface area contributed by atoms with E-state index in [1.54, 1.807) is 24.4 Å². The fourth-order valence-corrected chi connectivity index (χ4v) is 5.06. The van der Waals surface area contributed by atoms with E-state index in [0.29, 0.717) is 37.3 Å². The van der Waals surface area contributed by atoms with Crippen molar-refractivity contribution in [3.63, 3.8) is 0 Å². The van der Waals surface area contributed by atoms with Crippen LogP contribution in [0.2, 0.25) is 5.02 Å². The van der Waals surface area contributed by atoms with Gasteiger partial charge in [-0.1, -0.05) is 23.7 Å². The highest BCUT2D eigenvalue weighted by molar-refractivity contribution is 6.32. The smallest absolute Gasteiger partial charge is 0.404 e. The number of hydrogen-bond acceptors (Lipinski definition) is 7. The molecule has 1 atom stereocenters. The topological polar surface area (TPSA) is 103 Å². The summed E-state index contributed by atoms with van der Waals surface area (Å²) in [5.41, 5.74) is 7.32. The molecule has 3 heterocycles. The second-order valence-electron chi connectivity index (χ2n) is 9.52. The molecule has 0 radical (unpaired) electrons. The van der Waals surface area contributed by atoms with E-state index in [2.05, 4.69) is 19.9 Å². The first-order valence-corrected chi connectivity index (χ1v) is 13.1. The third-order valence-electron chi connectivity index (χ3n) is 6.71. The number of carbonyl (C=O) groups excluding carboxylic acids is 1. The number of carbonyl (C=O) groups is 1. The fourth-order valence-electron chi connectivity index (χ4n) is 4.82. The lowest BCUT2D eigenvalue weighted by molar-refractivity contribution is -0.274. The van der Waals surface area contributed by atoms with Crippen LogP contribution in [0.1, 0.15) is 28.8 Å². The Bertz CT molecular complexity index is 1530. The van der Waals surface area contributed by atoms with Crippen LogP contribution in [0.3, 0.4) is 0 Å². The summed E-state index contributed by atoms with van der Waals surface area (Å²) in [5.74, 6) is -0.0987. The van der Waals surface area contributed by atoms with Crippen LogP contribution in [0.5, 0.6) is 5.75 Å². The van der Waals surface area contributed by atoms with Gasteiger partial charge in [0.15, 0.2) is 0 Å². The molecule has 3 N–H and O–H groups in total. The number of anilines is 1. The van der Waals surface area contributed by atoms with Crippen LogP contribution >= 0.6 is 11.6 Å². The largest absolute Gasteiger partial charge is 0.573 e. The molecule has 1 fully saturated rings. The number of aromatic nitrogens is 2. The van der Waals surface area contributed by atoms with Crippen molar-refractivity contribution in [2.75, 3.05) is 31.1 Å². The number of halogens is 4. The lowest BCUT2D eigenvalue weighted by atomic mass is 10.1. The standard InChI is InChI=1S/C28H27ClF3N5O3/c29-23-12-17(2-5-25(23)40-28(30,31)32)14-34-8-1-11-39-19-7-10-37(16-19)27-21-6-9-35-15-22(21)20-4-3-18(26(33)38)13-24(20)36-27/h2-6,9,12-13,15,19,34H,1,7-8,10-11,14,16H2,(H2,33,38)/t19-/m0/s1. The minimum atomic E-state index is -4.78. The first-order valence-electron chi connectivity index (χ1n) is 12.8. The number of amides is 1. The third kappa shape index (κ3) is 6.55. The highest BCUT2D eigenvalue weighted by Crippen LogP contribution is 2.33. The average Bonchev–Trinajstić information content (AvgIpc) is 3.39. The summed E-state index contributed by atoms with van der Waals surface area (Å²) in [6.07, 6.45) is 0.429. The molecule has 2 aromatic heterocycles. The van der Waals surface area contributed by atoms with Crippen LogP contribution in [0.25, 0.3) is 21.7 Å². The zero-order chi connectivity index (χ0) is 28.3. The molecule has 0 unspecified atom stereocenters. The summed E-state index contributed by atoms with van der Waals surface area (Å²) in [6, 6.07) is 11.4. The number of hydrogen-bond donors (Lipinski definition) is 2. The fraction of sp³-hybridized carbons (Fsp3) is 0.321. The van der Waals surface area contributed by atoms with Gasteiger partial charge in [0.25, 0.3) is 0 Å². The second kappa shape index (κ2) is 11.8. The molecule has 5 rings (SSSR count). The van der Waals surface area contributed by atoms with Gasteiger partial charge >= 0.3 is 6.36 Å². The first kappa shape index (κ1) is 27.9. The van der Waals surface area contributed by atoms with Gasteiger partial charge < -0.3 is 25.4 Å².